The van der Waals surface area contributed by atoms with Gasteiger partial charge in [0.05, 0.1) is 0 Å². The average Bonchev–Trinajstić information content (AvgIpc) is 2.86. The fourth-order valence-corrected chi connectivity index (χ4v) is 2.35. The topological polar surface area (TPSA) is 41.1 Å². The Labute approximate surface area is 109 Å². The molecule has 1 aromatic rings. The predicted octanol–water partition coefficient (Wildman–Crippen LogP) is 2.82. The second kappa shape index (κ2) is 5.89. The lowest BCUT2D eigenvalue weighted by molar-refractivity contribution is 0.0946. The van der Waals surface area contributed by atoms with Crippen molar-refractivity contribution in [3.8, 4) is 0 Å². The standard InChI is InChI=1S/C15H22N2O/c1-3-11(4-2)10-17-15(18)13-6-5-12-7-8-16-14(12)9-13/h5-6,9,11,16H,3-4,7-8,10H2,1-2H3,(H,17,18). The molecule has 3 heteroatoms. The van der Waals surface area contributed by atoms with Gasteiger partial charge in [0.15, 0.2) is 0 Å². The third-order valence-corrected chi connectivity index (χ3v) is 3.79. The van der Waals surface area contributed by atoms with Gasteiger partial charge >= 0.3 is 0 Å². The van der Waals surface area contributed by atoms with Gasteiger partial charge in [-0.25, -0.2) is 0 Å². The lowest BCUT2D eigenvalue weighted by atomic mass is 10.0. The van der Waals surface area contributed by atoms with E-state index < -0.39 is 0 Å². The number of anilines is 1. The summed E-state index contributed by atoms with van der Waals surface area (Å²) >= 11 is 0. The molecule has 98 valence electrons. The van der Waals surface area contributed by atoms with E-state index >= 15 is 0 Å². The van der Waals surface area contributed by atoms with Crippen LogP contribution in [0.4, 0.5) is 5.69 Å². The van der Waals surface area contributed by atoms with E-state index in [-0.39, 0.29) is 5.91 Å². The molecule has 0 bridgehead atoms. The number of amides is 1. The van der Waals surface area contributed by atoms with Crippen LogP contribution in [0.15, 0.2) is 18.2 Å². The Morgan fingerprint density at radius 2 is 2.17 bits per heavy atom. The largest absolute Gasteiger partial charge is 0.384 e. The highest BCUT2D eigenvalue weighted by Gasteiger charge is 2.14. The summed E-state index contributed by atoms with van der Waals surface area (Å²) in [4.78, 5) is 12.0. The van der Waals surface area contributed by atoms with E-state index in [1.165, 1.54) is 5.56 Å². The molecule has 1 aliphatic rings. The SMILES string of the molecule is CCC(CC)CNC(=O)c1ccc2c(c1)NCC2. The maximum atomic E-state index is 12.0. The fraction of sp³-hybridized carbons (Fsp3) is 0.533. The van der Waals surface area contributed by atoms with Crippen molar-refractivity contribution in [2.45, 2.75) is 33.1 Å². The van der Waals surface area contributed by atoms with Crippen LogP contribution in [-0.2, 0) is 6.42 Å². The molecule has 0 saturated carbocycles. The van der Waals surface area contributed by atoms with Gasteiger partial charge in [0.2, 0.25) is 0 Å². The quantitative estimate of drug-likeness (QED) is 0.838. The minimum absolute atomic E-state index is 0.0402. The van der Waals surface area contributed by atoms with Crippen molar-refractivity contribution >= 4 is 11.6 Å². The molecule has 3 nitrogen and oxygen atoms in total. The second-order valence-electron chi connectivity index (χ2n) is 4.94. The van der Waals surface area contributed by atoms with Crippen LogP contribution in [0.3, 0.4) is 0 Å². The van der Waals surface area contributed by atoms with Crippen molar-refractivity contribution in [1.29, 1.82) is 0 Å². The van der Waals surface area contributed by atoms with E-state index in [1.54, 1.807) is 0 Å². The van der Waals surface area contributed by atoms with Crippen LogP contribution >= 0.6 is 0 Å². The average molecular weight is 246 g/mol. The molecule has 1 aromatic carbocycles. The van der Waals surface area contributed by atoms with E-state index in [0.29, 0.717) is 5.92 Å². The lowest BCUT2D eigenvalue weighted by Crippen LogP contribution is -2.28. The molecule has 1 heterocycles. The maximum absolute atomic E-state index is 12.0. The van der Waals surface area contributed by atoms with E-state index in [0.717, 1.165) is 43.6 Å². The number of carbonyl (C=O) groups is 1. The molecule has 0 saturated heterocycles. The van der Waals surface area contributed by atoms with Crippen molar-refractivity contribution in [3.05, 3.63) is 29.3 Å². The third-order valence-electron chi connectivity index (χ3n) is 3.79. The van der Waals surface area contributed by atoms with Gasteiger partial charge in [-0.15, -0.1) is 0 Å². The monoisotopic (exact) mass is 246 g/mol. The summed E-state index contributed by atoms with van der Waals surface area (Å²) in [5.41, 5.74) is 3.19. The van der Waals surface area contributed by atoms with Gasteiger partial charge in [-0.1, -0.05) is 32.8 Å². The number of rotatable bonds is 5. The zero-order chi connectivity index (χ0) is 13.0. The van der Waals surface area contributed by atoms with Crippen LogP contribution in [0.25, 0.3) is 0 Å². The van der Waals surface area contributed by atoms with Crippen molar-refractivity contribution in [2.75, 3.05) is 18.4 Å². The number of carbonyl (C=O) groups excluding carboxylic acids is 1. The maximum Gasteiger partial charge on any atom is 0.251 e. The molecule has 0 radical (unpaired) electrons. The van der Waals surface area contributed by atoms with Crippen LogP contribution < -0.4 is 10.6 Å². The number of fused-ring (bicyclic) bond motifs is 1. The first-order chi connectivity index (χ1) is 8.74. The Morgan fingerprint density at radius 3 is 2.89 bits per heavy atom. The van der Waals surface area contributed by atoms with Gasteiger partial charge in [0, 0.05) is 24.3 Å². The number of benzene rings is 1. The van der Waals surface area contributed by atoms with E-state index in [4.69, 9.17) is 0 Å². The first-order valence-corrected chi connectivity index (χ1v) is 6.89. The molecule has 0 aliphatic carbocycles. The zero-order valence-corrected chi connectivity index (χ0v) is 11.3. The zero-order valence-electron chi connectivity index (χ0n) is 11.3. The van der Waals surface area contributed by atoms with E-state index in [9.17, 15) is 4.79 Å². The molecule has 0 fully saturated rings. The van der Waals surface area contributed by atoms with Crippen LogP contribution in [0.1, 0.15) is 42.6 Å². The molecular weight excluding hydrogens is 224 g/mol. The number of hydrogen-bond donors (Lipinski definition) is 2. The van der Waals surface area contributed by atoms with Crippen molar-refractivity contribution in [3.63, 3.8) is 0 Å². The number of nitrogens with one attached hydrogen (secondary N) is 2. The predicted molar refractivity (Wildman–Crippen MR) is 75.0 cm³/mol. The molecule has 2 N–H and O–H groups in total. The molecular formula is C15H22N2O. The van der Waals surface area contributed by atoms with Crippen LogP contribution in [-0.4, -0.2) is 19.0 Å². The summed E-state index contributed by atoms with van der Waals surface area (Å²) in [7, 11) is 0. The van der Waals surface area contributed by atoms with Crippen LogP contribution in [0.5, 0.6) is 0 Å². The molecule has 0 aromatic heterocycles. The van der Waals surface area contributed by atoms with Gasteiger partial charge in [0.25, 0.3) is 5.91 Å². The van der Waals surface area contributed by atoms with Gasteiger partial charge in [-0.3, -0.25) is 4.79 Å². The summed E-state index contributed by atoms with van der Waals surface area (Å²) in [6.07, 6.45) is 3.29. The minimum Gasteiger partial charge on any atom is -0.384 e. The van der Waals surface area contributed by atoms with Gasteiger partial charge in [-0.2, -0.15) is 0 Å². The van der Waals surface area contributed by atoms with Gasteiger partial charge in [-0.05, 0) is 30.0 Å². The molecule has 1 aliphatic heterocycles. The van der Waals surface area contributed by atoms with Crippen molar-refractivity contribution in [2.24, 2.45) is 5.92 Å². The molecule has 2 rings (SSSR count). The highest BCUT2D eigenvalue weighted by molar-refractivity contribution is 5.95. The number of hydrogen-bond acceptors (Lipinski definition) is 2. The van der Waals surface area contributed by atoms with Crippen molar-refractivity contribution < 1.29 is 4.79 Å². The minimum atomic E-state index is 0.0402. The highest BCUT2D eigenvalue weighted by Crippen LogP contribution is 2.23. The first-order valence-electron chi connectivity index (χ1n) is 6.89. The molecule has 18 heavy (non-hydrogen) atoms. The lowest BCUT2D eigenvalue weighted by Gasteiger charge is -2.13. The van der Waals surface area contributed by atoms with Crippen molar-refractivity contribution in [1.82, 2.24) is 5.32 Å². The first kappa shape index (κ1) is 12.9. The van der Waals surface area contributed by atoms with Crippen LogP contribution in [0.2, 0.25) is 0 Å². The molecule has 0 unspecified atom stereocenters. The van der Waals surface area contributed by atoms with Gasteiger partial charge < -0.3 is 10.6 Å². The molecule has 0 spiro atoms. The highest BCUT2D eigenvalue weighted by atomic mass is 16.1. The Morgan fingerprint density at radius 1 is 1.39 bits per heavy atom. The Balaban J connectivity index is 1.97. The normalized spacial score (nSPS) is 13.3. The summed E-state index contributed by atoms with van der Waals surface area (Å²) in [5, 5.41) is 6.33. The molecule has 0 atom stereocenters. The Kier molecular flexibility index (Phi) is 4.24. The Bertz CT molecular complexity index is 425. The second-order valence-corrected chi connectivity index (χ2v) is 4.94. The van der Waals surface area contributed by atoms with E-state index in [2.05, 4.69) is 30.5 Å². The summed E-state index contributed by atoms with van der Waals surface area (Å²) in [6.45, 7) is 6.09. The summed E-state index contributed by atoms with van der Waals surface area (Å²) in [6, 6.07) is 5.94. The molecule has 1 amide bonds. The van der Waals surface area contributed by atoms with Crippen LogP contribution in [0, 0.1) is 5.92 Å². The Hall–Kier alpha value is -1.51. The third kappa shape index (κ3) is 2.84. The smallest absolute Gasteiger partial charge is 0.251 e. The summed E-state index contributed by atoms with van der Waals surface area (Å²) < 4.78 is 0. The van der Waals surface area contributed by atoms with Gasteiger partial charge in [0.1, 0.15) is 0 Å². The summed E-state index contributed by atoms with van der Waals surface area (Å²) in [5.74, 6) is 0.625. The fourth-order valence-electron chi connectivity index (χ4n) is 2.35. The van der Waals surface area contributed by atoms with E-state index in [1.807, 2.05) is 12.1 Å².